The fraction of sp³-hybridized carbons (Fsp3) is 0.409. The van der Waals surface area contributed by atoms with Crippen LogP contribution in [0.1, 0.15) is 18.9 Å². The lowest BCUT2D eigenvalue weighted by atomic mass is 10.2. The molecule has 2 aromatic rings. The molecule has 3 rings (SSSR count). The number of hydrogen-bond acceptors (Lipinski definition) is 4. The zero-order valence-corrected chi connectivity index (χ0v) is 16.6. The van der Waals surface area contributed by atoms with Gasteiger partial charge in [0, 0.05) is 26.2 Å². The van der Waals surface area contributed by atoms with Crippen molar-refractivity contribution >= 4 is 11.6 Å². The minimum Gasteiger partial charge on any atom is -0.433 e. The molecule has 156 valence electrons. The third-order valence-electron chi connectivity index (χ3n) is 5.16. The predicted octanol–water partition coefficient (Wildman–Crippen LogP) is 3.82. The molecule has 1 saturated heterocycles. The molecule has 0 radical (unpaired) electrons. The number of anilines is 1. The molecule has 1 N–H and O–H groups in total. The van der Waals surface area contributed by atoms with Crippen molar-refractivity contribution in [1.82, 2.24) is 9.80 Å². The van der Waals surface area contributed by atoms with Crippen LogP contribution in [-0.4, -0.2) is 54.5 Å². The van der Waals surface area contributed by atoms with Gasteiger partial charge >= 0.3 is 6.61 Å². The fourth-order valence-electron chi connectivity index (χ4n) is 3.55. The van der Waals surface area contributed by atoms with E-state index in [9.17, 15) is 13.6 Å². The second-order valence-electron chi connectivity index (χ2n) is 7.19. The SMILES string of the molecule is CC(C(=O)Nc1ccccc1OC(F)F)N1CCCN(Cc2ccccc2)CC1. The van der Waals surface area contributed by atoms with E-state index >= 15 is 0 Å². The molecule has 1 aliphatic heterocycles. The Morgan fingerprint density at radius 2 is 1.76 bits per heavy atom. The predicted molar refractivity (Wildman–Crippen MR) is 109 cm³/mol. The number of carbonyl (C=O) groups is 1. The standard InChI is InChI=1S/C22H27F2N3O2/c1-17(21(28)25-19-10-5-6-11-20(19)29-22(23)24)27-13-7-12-26(14-15-27)16-18-8-3-2-4-9-18/h2-6,8-11,17,22H,7,12-16H2,1H3,(H,25,28). The Kier molecular flexibility index (Phi) is 7.55. The van der Waals surface area contributed by atoms with Gasteiger partial charge in [-0.05, 0) is 37.6 Å². The minimum absolute atomic E-state index is 0.0343. The van der Waals surface area contributed by atoms with E-state index in [1.165, 1.54) is 11.6 Å². The quantitative estimate of drug-likeness (QED) is 0.763. The molecule has 1 heterocycles. The maximum atomic E-state index is 12.7. The van der Waals surface area contributed by atoms with Crippen LogP contribution in [-0.2, 0) is 11.3 Å². The van der Waals surface area contributed by atoms with Crippen molar-refractivity contribution in [3.8, 4) is 5.75 Å². The van der Waals surface area contributed by atoms with E-state index in [1.54, 1.807) is 18.2 Å². The van der Waals surface area contributed by atoms with Gasteiger partial charge in [-0.1, -0.05) is 42.5 Å². The van der Waals surface area contributed by atoms with Gasteiger partial charge < -0.3 is 10.1 Å². The van der Waals surface area contributed by atoms with E-state index in [1.807, 2.05) is 25.1 Å². The Hall–Kier alpha value is -2.51. The van der Waals surface area contributed by atoms with E-state index in [-0.39, 0.29) is 23.4 Å². The fourth-order valence-corrected chi connectivity index (χ4v) is 3.55. The van der Waals surface area contributed by atoms with Crippen LogP contribution in [0.2, 0.25) is 0 Å². The zero-order chi connectivity index (χ0) is 20.6. The van der Waals surface area contributed by atoms with Crippen LogP contribution in [0.3, 0.4) is 0 Å². The summed E-state index contributed by atoms with van der Waals surface area (Å²) in [6.45, 7) is 3.24. The van der Waals surface area contributed by atoms with Gasteiger partial charge in [-0.2, -0.15) is 8.78 Å². The van der Waals surface area contributed by atoms with Gasteiger partial charge in [0.1, 0.15) is 5.75 Å². The molecule has 0 bridgehead atoms. The molecular formula is C22H27F2N3O2. The molecule has 1 unspecified atom stereocenters. The highest BCUT2D eigenvalue weighted by Gasteiger charge is 2.25. The largest absolute Gasteiger partial charge is 0.433 e. The molecule has 29 heavy (non-hydrogen) atoms. The van der Waals surface area contributed by atoms with Crippen molar-refractivity contribution in [2.45, 2.75) is 32.5 Å². The molecule has 1 fully saturated rings. The molecule has 7 heteroatoms. The number of para-hydroxylation sites is 2. The number of nitrogens with one attached hydrogen (secondary N) is 1. The Bertz CT molecular complexity index is 789. The van der Waals surface area contributed by atoms with Crippen LogP contribution in [0.5, 0.6) is 5.75 Å². The Balaban J connectivity index is 1.56. The molecule has 1 aliphatic rings. The number of amides is 1. The van der Waals surface area contributed by atoms with Crippen LogP contribution in [0.4, 0.5) is 14.5 Å². The first kappa shape index (κ1) is 21.2. The number of carbonyl (C=O) groups excluding carboxylic acids is 1. The molecule has 1 amide bonds. The van der Waals surface area contributed by atoms with Gasteiger partial charge in [0.25, 0.3) is 0 Å². The number of hydrogen-bond donors (Lipinski definition) is 1. The van der Waals surface area contributed by atoms with E-state index in [0.717, 1.165) is 39.1 Å². The summed E-state index contributed by atoms with van der Waals surface area (Å²) in [7, 11) is 0. The lowest BCUT2D eigenvalue weighted by Crippen LogP contribution is -2.43. The number of alkyl halides is 2. The lowest BCUT2D eigenvalue weighted by Gasteiger charge is -2.27. The molecule has 5 nitrogen and oxygen atoms in total. The summed E-state index contributed by atoms with van der Waals surface area (Å²) in [6.07, 6.45) is 0.968. The van der Waals surface area contributed by atoms with Crippen LogP contribution >= 0.6 is 0 Å². The third-order valence-corrected chi connectivity index (χ3v) is 5.16. The molecule has 0 saturated carbocycles. The third kappa shape index (κ3) is 6.24. The van der Waals surface area contributed by atoms with Crippen molar-refractivity contribution in [3.63, 3.8) is 0 Å². The second-order valence-corrected chi connectivity index (χ2v) is 7.19. The summed E-state index contributed by atoms with van der Waals surface area (Å²) in [5, 5.41) is 2.73. The van der Waals surface area contributed by atoms with E-state index in [4.69, 9.17) is 0 Å². The van der Waals surface area contributed by atoms with E-state index in [2.05, 4.69) is 32.0 Å². The number of nitrogens with zero attached hydrogens (tertiary/aromatic N) is 2. The van der Waals surface area contributed by atoms with Crippen molar-refractivity contribution in [3.05, 3.63) is 60.2 Å². The number of benzene rings is 2. The molecule has 1 atom stereocenters. The molecular weight excluding hydrogens is 376 g/mol. The Labute approximate surface area is 170 Å². The van der Waals surface area contributed by atoms with Gasteiger partial charge in [-0.25, -0.2) is 0 Å². The van der Waals surface area contributed by atoms with Crippen molar-refractivity contribution < 1.29 is 18.3 Å². The van der Waals surface area contributed by atoms with E-state index < -0.39 is 6.61 Å². The lowest BCUT2D eigenvalue weighted by molar-refractivity contribution is -0.120. The summed E-state index contributed by atoms with van der Waals surface area (Å²) in [6, 6.07) is 16.2. The molecule has 0 aromatic heterocycles. The summed E-state index contributed by atoms with van der Waals surface area (Å²) in [5.74, 6) is -0.264. The summed E-state index contributed by atoms with van der Waals surface area (Å²) in [5.41, 5.74) is 1.53. The van der Waals surface area contributed by atoms with Gasteiger partial charge in [0.15, 0.2) is 0 Å². The molecule has 0 spiro atoms. The maximum Gasteiger partial charge on any atom is 0.387 e. The summed E-state index contributed by atoms with van der Waals surface area (Å²) < 4.78 is 29.6. The van der Waals surface area contributed by atoms with Crippen LogP contribution in [0, 0.1) is 0 Å². The van der Waals surface area contributed by atoms with Gasteiger partial charge in [0.2, 0.25) is 5.91 Å². The summed E-state index contributed by atoms with van der Waals surface area (Å²) in [4.78, 5) is 17.3. The zero-order valence-electron chi connectivity index (χ0n) is 16.6. The minimum atomic E-state index is -2.94. The second kappa shape index (κ2) is 10.3. The smallest absolute Gasteiger partial charge is 0.387 e. The number of ether oxygens (including phenoxy) is 1. The number of rotatable bonds is 7. The molecule has 0 aliphatic carbocycles. The van der Waals surface area contributed by atoms with Gasteiger partial charge in [0.05, 0.1) is 11.7 Å². The normalized spacial score (nSPS) is 17.0. The monoisotopic (exact) mass is 403 g/mol. The van der Waals surface area contributed by atoms with E-state index in [0.29, 0.717) is 0 Å². The topological polar surface area (TPSA) is 44.8 Å². The highest BCUT2D eigenvalue weighted by molar-refractivity contribution is 5.95. The summed E-state index contributed by atoms with van der Waals surface area (Å²) >= 11 is 0. The Morgan fingerprint density at radius 1 is 1.03 bits per heavy atom. The van der Waals surface area contributed by atoms with Crippen LogP contribution < -0.4 is 10.1 Å². The van der Waals surface area contributed by atoms with Crippen LogP contribution in [0.15, 0.2) is 54.6 Å². The average Bonchev–Trinajstić information content (AvgIpc) is 2.95. The first-order valence-electron chi connectivity index (χ1n) is 9.88. The van der Waals surface area contributed by atoms with Crippen molar-refractivity contribution in [2.24, 2.45) is 0 Å². The average molecular weight is 403 g/mol. The first-order chi connectivity index (χ1) is 14.0. The van der Waals surface area contributed by atoms with Gasteiger partial charge in [-0.3, -0.25) is 14.6 Å². The van der Waals surface area contributed by atoms with Crippen molar-refractivity contribution in [1.29, 1.82) is 0 Å². The van der Waals surface area contributed by atoms with Crippen molar-refractivity contribution in [2.75, 3.05) is 31.5 Å². The highest BCUT2D eigenvalue weighted by atomic mass is 19.3. The molecule has 2 aromatic carbocycles. The number of halogens is 2. The van der Waals surface area contributed by atoms with Gasteiger partial charge in [-0.15, -0.1) is 0 Å². The first-order valence-corrected chi connectivity index (χ1v) is 9.88. The highest BCUT2D eigenvalue weighted by Crippen LogP contribution is 2.26. The maximum absolute atomic E-state index is 12.7. The Morgan fingerprint density at radius 3 is 2.52 bits per heavy atom. The van der Waals surface area contributed by atoms with Crippen LogP contribution in [0.25, 0.3) is 0 Å².